The summed E-state index contributed by atoms with van der Waals surface area (Å²) < 4.78 is 0. The molecule has 18 heavy (non-hydrogen) atoms. The lowest BCUT2D eigenvalue weighted by Gasteiger charge is -2.07. The number of alkyl halides is 1. The normalized spacial score (nSPS) is 21.5. The summed E-state index contributed by atoms with van der Waals surface area (Å²) in [5.41, 5.74) is -0.0101. The quantitative estimate of drug-likeness (QED) is 0.426. The summed E-state index contributed by atoms with van der Waals surface area (Å²) in [6, 6.07) is 0. The van der Waals surface area contributed by atoms with Crippen molar-refractivity contribution in [3.05, 3.63) is 11.8 Å². The van der Waals surface area contributed by atoms with Gasteiger partial charge in [-0.1, -0.05) is 19.9 Å². The highest BCUT2D eigenvalue weighted by Gasteiger charge is 2.50. The van der Waals surface area contributed by atoms with Gasteiger partial charge < -0.3 is 10.4 Å². The van der Waals surface area contributed by atoms with Crippen LogP contribution in [0.3, 0.4) is 0 Å². The molecule has 1 aliphatic carbocycles. The van der Waals surface area contributed by atoms with E-state index < -0.39 is 5.97 Å². The minimum Gasteiger partial charge on any atom is -0.477 e. The molecule has 0 bridgehead atoms. The molecular weight excluding hydrogens is 254 g/mol. The number of hydrogen-bond acceptors (Lipinski definition) is 2. The Morgan fingerprint density at radius 2 is 2.06 bits per heavy atom. The molecule has 0 radical (unpaired) electrons. The second-order valence-corrected chi connectivity index (χ2v) is 5.72. The smallest absolute Gasteiger partial charge is 0.352 e. The first-order chi connectivity index (χ1) is 8.38. The van der Waals surface area contributed by atoms with Crippen LogP contribution in [-0.4, -0.2) is 22.9 Å². The van der Waals surface area contributed by atoms with Crippen molar-refractivity contribution in [2.45, 2.75) is 39.5 Å². The van der Waals surface area contributed by atoms with Crippen LogP contribution in [0.5, 0.6) is 0 Å². The number of halogens is 1. The fourth-order valence-corrected chi connectivity index (χ4v) is 2.00. The number of rotatable bonds is 7. The first kappa shape index (κ1) is 15.0. The number of allylic oxidation sites excluding steroid dienone is 1. The lowest BCUT2D eigenvalue weighted by atomic mass is 10.1. The van der Waals surface area contributed by atoms with E-state index in [0.717, 1.165) is 19.3 Å². The molecule has 1 aliphatic rings. The van der Waals surface area contributed by atoms with Gasteiger partial charge in [-0.15, -0.1) is 11.6 Å². The van der Waals surface area contributed by atoms with Gasteiger partial charge in [-0.2, -0.15) is 0 Å². The van der Waals surface area contributed by atoms with Crippen LogP contribution < -0.4 is 5.32 Å². The number of nitrogens with one attached hydrogen (secondary N) is 1. The maximum Gasteiger partial charge on any atom is 0.352 e. The first-order valence-electron chi connectivity index (χ1n) is 6.19. The van der Waals surface area contributed by atoms with Crippen LogP contribution in [0.2, 0.25) is 0 Å². The summed E-state index contributed by atoms with van der Waals surface area (Å²) >= 11 is 5.54. The minimum atomic E-state index is -1.09. The maximum absolute atomic E-state index is 11.8. The number of carboxylic acid groups (broad SMARTS) is 1. The van der Waals surface area contributed by atoms with Crippen molar-refractivity contribution < 1.29 is 14.7 Å². The average molecular weight is 274 g/mol. The van der Waals surface area contributed by atoms with Gasteiger partial charge in [0, 0.05) is 11.8 Å². The van der Waals surface area contributed by atoms with Crippen LogP contribution in [0.15, 0.2) is 11.8 Å². The lowest BCUT2D eigenvalue weighted by molar-refractivity contribution is -0.135. The minimum absolute atomic E-state index is 0.00627. The van der Waals surface area contributed by atoms with E-state index in [1.165, 1.54) is 0 Å². The molecule has 1 rings (SSSR count). The molecule has 102 valence electrons. The molecule has 0 spiro atoms. The van der Waals surface area contributed by atoms with E-state index >= 15 is 0 Å². The summed E-state index contributed by atoms with van der Waals surface area (Å²) in [6.07, 6.45) is 4.66. The van der Waals surface area contributed by atoms with Gasteiger partial charge in [0.25, 0.3) is 0 Å². The zero-order valence-corrected chi connectivity index (χ0v) is 11.6. The molecule has 1 atom stereocenters. The molecule has 4 nitrogen and oxygen atoms in total. The zero-order chi connectivity index (χ0) is 13.8. The molecule has 0 aliphatic heterocycles. The van der Waals surface area contributed by atoms with E-state index in [9.17, 15) is 9.59 Å². The topological polar surface area (TPSA) is 66.4 Å². The Balaban J connectivity index is 2.48. The molecule has 5 heteroatoms. The van der Waals surface area contributed by atoms with Gasteiger partial charge in [-0.05, 0) is 31.1 Å². The van der Waals surface area contributed by atoms with E-state index in [-0.39, 0.29) is 22.9 Å². The average Bonchev–Trinajstić information content (AvgIpc) is 2.92. The Morgan fingerprint density at radius 1 is 1.44 bits per heavy atom. The molecule has 0 aromatic heterocycles. The Labute approximate surface area is 112 Å². The second-order valence-electron chi connectivity index (χ2n) is 5.34. The molecule has 1 saturated carbocycles. The lowest BCUT2D eigenvalue weighted by Crippen LogP contribution is -2.29. The van der Waals surface area contributed by atoms with Crippen molar-refractivity contribution in [3.8, 4) is 0 Å². The van der Waals surface area contributed by atoms with E-state index in [1.807, 2.05) is 13.8 Å². The third-order valence-corrected chi connectivity index (χ3v) is 3.52. The molecular formula is C13H20ClNO3. The highest BCUT2D eigenvalue weighted by Crippen LogP contribution is 2.51. The molecule has 0 aromatic carbocycles. The number of carbonyl (C=O) groups excluding carboxylic acids is 1. The standard InChI is InChI=1S/C13H20ClNO3/c1-13(2)8-9(13)11(16)15-10(12(17)18)6-4-3-5-7-14/h6,9H,3-5,7-8H2,1-2H3,(H,15,16)(H,17,18)/b10-6+/t9-/m1/s1. The monoisotopic (exact) mass is 273 g/mol. The van der Waals surface area contributed by atoms with Crippen LogP contribution >= 0.6 is 11.6 Å². The number of carboxylic acids is 1. The predicted molar refractivity (Wildman–Crippen MR) is 70.3 cm³/mol. The van der Waals surface area contributed by atoms with Gasteiger partial charge in [-0.3, -0.25) is 4.79 Å². The van der Waals surface area contributed by atoms with Crippen LogP contribution in [0.25, 0.3) is 0 Å². The summed E-state index contributed by atoms with van der Waals surface area (Å²) in [6.45, 7) is 4.00. The number of carbonyl (C=O) groups is 2. The van der Waals surface area contributed by atoms with Gasteiger partial charge in [0.1, 0.15) is 5.70 Å². The summed E-state index contributed by atoms with van der Waals surface area (Å²) in [5, 5.41) is 11.5. The van der Waals surface area contributed by atoms with Gasteiger partial charge >= 0.3 is 5.97 Å². The molecule has 0 aromatic rings. The second kappa shape index (κ2) is 6.23. The fourth-order valence-electron chi connectivity index (χ4n) is 1.81. The number of hydrogen-bond donors (Lipinski definition) is 2. The SMILES string of the molecule is CC1(C)C[C@@H]1C(=O)N/C(=C/CCCCCl)C(=O)O. The van der Waals surface area contributed by atoms with Gasteiger partial charge in [0.05, 0.1) is 0 Å². The van der Waals surface area contributed by atoms with Gasteiger partial charge in [-0.25, -0.2) is 4.79 Å². The molecule has 0 saturated heterocycles. The van der Waals surface area contributed by atoms with E-state index in [1.54, 1.807) is 6.08 Å². The summed E-state index contributed by atoms with van der Waals surface area (Å²) in [7, 11) is 0. The van der Waals surface area contributed by atoms with Crippen LogP contribution in [0, 0.1) is 11.3 Å². The van der Waals surface area contributed by atoms with Crippen molar-refractivity contribution in [2.24, 2.45) is 11.3 Å². The van der Waals surface area contributed by atoms with Gasteiger partial charge in [0.15, 0.2) is 0 Å². The number of unbranched alkanes of at least 4 members (excludes halogenated alkanes) is 2. The summed E-state index contributed by atoms with van der Waals surface area (Å²) in [4.78, 5) is 22.8. The third kappa shape index (κ3) is 4.33. The Hall–Kier alpha value is -1.03. The maximum atomic E-state index is 11.8. The van der Waals surface area contributed by atoms with Gasteiger partial charge in [0.2, 0.25) is 5.91 Å². The van der Waals surface area contributed by atoms with Crippen molar-refractivity contribution in [1.29, 1.82) is 0 Å². The fraction of sp³-hybridized carbons (Fsp3) is 0.692. The highest BCUT2D eigenvalue weighted by molar-refractivity contribution is 6.17. The predicted octanol–water partition coefficient (Wildman–Crippen LogP) is 2.53. The third-order valence-electron chi connectivity index (χ3n) is 3.25. The summed E-state index contributed by atoms with van der Waals surface area (Å²) in [5.74, 6) is -0.777. The Bertz CT molecular complexity index is 363. The van der Waals surface area contributed by atoms with Crippen molar-refractivity contribution in [2.75, 3.05) is 5.88 Å². The molecule has 0 unspecified atom stereocenters. The number of amides is 1. The van der Waals surface area contributed by atoms with Crippen LogP contribution in [0.1, 0.15) is 39.5 Å². The molecule has 0 heterocycles. The molecule has 1 fully saturated rings. The number of aliphatic carboxylic acids is 1. The van der Waals surface area contributed by atoms with E-state index in [2.05, 4.69) is 5.32 Å². The van der Waals surface area contributed by atoms with Crippen LogP contribution in [-0.2, 0) is 9.59 Å². The Kier molecular flexibility index (Phi) is 5.20. The molecule has 1 amide bonds. The van der Waals surface area contributed by atoms with E-state index in [0.29, 0.717) is 12.3 Å². The highest BCUT2D eigenvalue weighted by atomic mass is 35.5. The van der Waals surface area contributed by atoms with Crippen LogP contribution in [0.4, 0.5) is 0 Å². The van der Waals surface area contributed by atoms with E-state index in [4.69, 9.17) is 16.7 Å². The van der Waals surface area contributed by atoms with Crippen molar-refractivity contribution >= 4 is 23.5 Å². The zero-order valence-electron chi connectivity index (χ0n) is 10.8. The van der Waals surface area contributed by atoms with Crippen molar-refractivity contribution in [3.63, 3.8) is 0 Å². The van der Waals surface area contributed by atoms with Crippen molar-refractivity contribution in [1.82, 2.24) is 5.32 Å². The first-order valence-corrected chi connectivity index (χ1v) is 6.72. The Morgan fingerprint density at radius 3 is 2.50 bits per heavy atom. The molecule has 2 N–H and O–H groups in total. The largest absolute Gasteiger partial charge is 0.477 e.